The van der Waals surface area contributed by atoms with Gasteiger partial charge in [0.25, 0.3) is 5.91 Å². The topological polar surface area (TPSA) is 32.3 Å². The number of nitrogens with zero attached hydrogens (tertiary/aromatic N) is 1. The fourth-order valence-corrected chi connectivity index (χ4v) is 2.32. The van der Waals surface area contributed by atoms with Gasteiger partial charge in [0.1, 0.15) is 0 Å². The first-order chi connectivity index (χ1) is 8.75. The Kier molecular flexibility index (Phi) is 4.76. The summed E-state index contributed by atoms with van der Waals surface area (Å²) in [5, 5.41) is 2.99. The lowest BCUT2D eigenvalue weighted by molar-refractivity contribution is 0.0946. The van der Waals surface area contributed by atoms with Crippen molar-refractivity contribution in [2.45, 2.75) is 26.2 Å². The van der Waals surface area contributed by atoms with Gasteiger partial charge in [-0.05, 0) is 45.0 Å². The first-order valence-electron chi connectivity index (χ1n) is 6.83. The molecule has 3 heteroatoms. The molecule has 0 unspecified atom stereocenters. The summed E-state index contributed by atoms with van der Waals surface area (Å²) in [6.07, 6.45) is 3.95. The van der Waals surface area contributed by atoms with Crippen LogP contribution in [0.15, 0.2) is 24.3 Å². The minimum absolute atomic E-state index is 0.0343. The van der Waals surface area contributed by atoms with Crippen LogP contribution in [0, 0.1) is 6.92 Å². The van der Waals surface area contributed by atoms with Crippen molar-refractivity contribution in [2.24, 2.45) is 0 Å². The third-order valence-electron chi connectivity index (χ3n) is 3.48. The normalized spacial score (nSPS) is 16.5. The zero-order chi connectivity index (χ0) is 12.8. The van der Waals surface area contributed by atoms with Crippen LogP contribution in [0.1, 0.15) is 35.2 Å². The number of hydrogen-bond acceptors (Lipinski definition) is 2. The summed E-state index contributed by atoms with van der Waals surface area (Å²) in [7, 11) is 0. The molecule has 0 spiro atoms. The van der Waals surface area contributed by atoms with E-state index in [1.54, 1.807) is 0 Å². The van der Waals surface area contributed by atoms with Gasteiger partial charge in [-0.3, -0.25) is 4.79 Å². The number of carbonyl (C=O) groups excluding carboxylic acids is 1. The van der Waals surface area contributed by atoms with Crippen molar-refractivity contribution in [3.63, 3.8) is 0 Å². The van der Waals surface area contributed by atoms with Crippen molar-refractivity contribution in [1.29, 1.82) is 0 Å². The van der Waals surface area contributed by atoms with Gasteiger partial charge in [0.2, 0.25) is 0 Å². The minimum atomic E-state index is 0.0343. The Morgan fingerprint density at radius 3 is 2.50 bits per heavy atom. The number of likely N-dealkylation sites (tertiary alicyclic amines) is 1. The number of nitrogens with one attached hydrogen (secondary N) is 1. The molecule has 0 radical (unpaired) electrons. The number of benzene rings is 1. The smallest absolute Gasteiger partial charge is 0.251 e. The molecule has 2 rings (SSSR count). The molecule has 1 aromatic rings. The van der Waals surface area contributed by atoms with Crippen LogP contribution in [0.3, 0.4) is 0 Å². The molecule has 98 valence electrons. The molecule has 1 aliphatic heterocycles. The molecule has 0 saturated carbocycles. The molecule has 3 nitrogen and oxygen atoms in total. The van der Waals surface area contributed by atoms with E-state index in [9.17, 15) is 4.79 Å². The van der Waals surface area contributed by atoms with Crippen molar-refractivity contribution in [2.75, 3.05) is 26.2 Å². The van der Waals surface area contributed by atoms with Gasteiger partial charge in [0.05, 0.1) is 0 Å². The predicted octanol–water partition coefficient (Wildman–Crippen LogP) is 2.21. The Hall–Kier alpha value is -1.35. The quantitative estimate of drug-likeness (QED) is 0.883. The maximum atomic E-state index is 11.9. The fraction of sp³-hybridized carbons (Fsp3) is 0.533. The Bertz CT molecular complexity index is 380. The largest absolute Gasteiger partial charge is 0.351 e. The van der Waals surface area contributed by atoms with E-state index in [-0.39, 0.29) is 5.91 Å². The molecule has 18 heavy (non-hydrogen) atoms. The minimum Gasteiger partial charge on any atom is -0.351 e. The van der Waals surface area contributed by atoms with Gasteiger partial charge in [-0.2, -0.15) is 0 Å². The Morgan fingerprint density at radius 2 is 1.83 bits per heavy atom. The average molecular weight is 246 g/mol. The van der Waals surface area contributed by atoms with Gasteiger partial charge in [-0.15, -0.1) is 0 Å². The van der Waals surface area contributed by atoms with Crippen molar-refractivity contribution >= 4 is 5.91 Å². The van der Waals surface area contributed by atoms with E-state index >= 15 is 0 Å². The number of carbonyl (C=O) groups is 1. The van der Waals surface area contributed by atoms with E-state index in [4.69, 9.17) is 0 Å². The molecule has 0 atom stereocenters. The number of hydrogen-bond donors (Lipinski definition) is 1. The van der Waals surface area contributed by atoms with Crippen LogP contribution in [0.5, 0.6) is 0 Å². The van der Waals surface area contributed by atoms with Gasteiger partial charge in [0, 0.05) is 18.7 Å². The second kappa shape index (κ2) is 6.55. The zero-order valence-electron chi connectivity index (χ0n) is 11.1. The molecule has 1 fully saturated rings. The molecule has 1 aliphatic rings. The summed E-state index contributed by atoms with van der Waals surface area (Å²) >= 11 is 0. The van der Waals surface area contributed by atoms with Crippen LogP contribution in [0.4, 0.5) is 0 Å². The molecule has 1 aromatic carbocycles. The van der Waals surface area contributed by atoms with Gasteiger partial charge in [0.15, 0.2) is 0 Å². The maximum Gasteiger partial charge on any atom is 0.251 e. The molecule has 1 saturated heterocycles. The molecule has 1 N–H and O–H groups in total. The van der Waals surface area contributed by atoms with Crippen LogP contribution in [0.25, 0.3) is 0 Å². The standard InChI is InChI=1S/C15H22N2O/c1-13-5-7-14(8-6-13)15(18)16-9-12-17-10-3-2-4-11-17/h5-8H,2-4,9-12H2,1H3,(H,16,18). The SMILES string of the molecule is Cc1ccc(C(=O)NCCN2CCCCC2)cc1. The monoisotopic (exact) mass is 246 g/mol. The lowest BCUT2D eigenvalue weighted by Crippen LogP contribution is -2.37. The van der Waals surface area contributed by atoms with E-state index < -0.39 is 0 Å². The van der Waals surface area contributed by atoms with Crippen LogP contribution in [-0.2, 0) is 0 Å². The van der Waals surface area contributed by atoms with Gasteiger partial charge >= 0.3 is 0 Å². The van der Waals surface area contributed by atoms with Crippen molar-refractivity contribution in [3.8, 4) is 0 Å². The highest BCUT2D eigenvalue weighted by Crippen LogP contribution is 2.07. The summed E-state index contributed by atoms with van der Waals surface area (Å²) in [5.74, 6) is 0.0343. The average Bonchev–Trinajstić information content (AvgIpc) is 2.40. The summed E-state index contributed by atoms with van der Waals surface area (Å²) < 4.78 is 0. The molecule has 1 amide bonds. The van der Waals surface area contributed by atoms with E-state index in [0.29, 0.717) is 0 Å². The maximum absolute atomic E-state index is 11.9. The predicted molar refractivity (Wildman–Crippen MR) is 73.8 cm³/mol. The molecule has 0 aliphatic carbocycles. The summed E-state index contributed by atoms with van der Waals surface area (Å²) in [5.41, 5.74) is 1.93. The van der Waals surface area contributed by atoms with E-state index in [2.05, 4.69) is 10.2 Å². The number of amides is 1. The van der Waals surface area contributed by atoms with Crippen LogP contribution >= 0.6 is 0 Å². The van der Waals surface area contributed by atoms with E-state index in [1.165, 1.54) is 37.9 Å². The third-order valence-corrected chi connectivity index (χ3v) is 3.48. The molecule has 1 heterocycles. The van der Waals surface area contributed by atoms with Crippen LogP contribution < -0.4 is 5.32 Å². The fourth-order valence-electron chi connectivity index (χ4n) is 2.32. The van der Waals surface area contributed by atoms with Crippen molar-refractivity contribution < 1.29 is 4.79 Å². The first-order valence-corrected chi connectivity index (χ1v) is 6.83. The van der Waals surface area contributed by atoms with Gasteiger partial charge < -0.3 is 10.2 Å². The Balaban J connectivity index is 1.72. The molecule has 0 aromatic heterocycles. The Morgan fingerprint density at radius 1 is 1.17 bits per heavy atom. The Labute approximate surface area is 109 Å². The van der Waals surface area contributed by atoms with E-state index in [0.717, 1.165) is 18.7 Å². The van der Waals surface area contributed by atoms with Crippen LogP contribution in [-0.4, -0.2) is 37.0 Å². The lowest BCUT2D eigenvalue weighted by atomic mass is 10.1. The van der Waals surface area contributed by atoms with Gasteiger partial charge in [-0.1, -0.05) is 24.1 Å². The zero-order valence-corrected chi connectivity index (χ0v) is 11.1. The number of aryl methyl sites for hydroxylation is 1. The summed E-state index contributed by atoms with van der Waals surface area (Å²) in [6, 6.07) is 7.70. The highest BCUT2D eigenvalue weighted by molar-refractivity contribution is 5.94. The van der Waals surface area contributed by atoms with E-state index in [1.807, 2.05) is 31.2 Å². The van der Waals surface area contributed by atoms with Crippen molar-refractivity contribution in [3.05, 3.63) is 35.4 Å². The van der Waals surface area contributed by atoms with Crippen molar-refractivity contribution in [1.82, 2.24) is 10.2 Å². The summed E-state index contributed by atoms with van der Waals surface area (Å²) in [4.78, 5) is 14.3. The third kappa shape index (κ3) is 3.84. The molecule has 0 bridgehead atoms. The first kappa shape index (κ1) is 13.1. The number of piperidine rings is 1. The highest BCUT2D eigenvalue weighted by atomic mass is 16.1. The molecular formula is C15H22N2O. The summed E-state index contributed by atoms with van der Waals surface area (Å²) in [6.45, 7) is 6.10. The second-order valence-electron chi connectivity index (χ2n) is 5.02. The van der Waals surface area contributed by atoms with Crippen LogP contribution in [0.2, 0.25) is 0 Å². The van der Waals surface area contributed by atoms with Gasteiger partial charge in [-0.25, -0.2) is 0 Å². The highest BCUT2D eigenvalue weighted by Gasteiger charge is 2.10. The second-order valence-corrected chi connectivity index (χ2v) is 5.02. The number of rotatable bonds is 4. The lowest BCUT2D eigenvalue weighted by Gasteiger charge is -2.26. The molecular weight excluding hydrogens is 224 g/mol.